The molecule has 0 saturated heterocycles. The molecule has 0 atom stereocenters. The molecule has 0 spiro atoms. The van der Waals surface area contributed by atoms with Crippen molar-refractivity contribution in [3.8, 4) is 0 Å². The average Bonchev–Trinajstić information content (AvgIpc) is 0. The van der Waals surface area contributed by atoms with Crippen molar-refractivity contribution in [2.24, 2.45) is 0 Å². The van der Waals surface area contributed by atoms with Gasteiger partial charge in [-0.15, -0.1) is 0 Å². The van der Waals surface area contributed by atoms with Gasteiger partial charge < -0.3 is 0 Å². The molecular formula is CoNOSi. The van der Waals surface area contributed by atoms with Gasteiger partial charge in [-0.25, -0.2) is 0 Å². The van der Waals surface area contributed by atoms with E-state index >= 15 is 0 Å². The van der Waals surface area contributed by atoms with E-state index in [1.54, 1.807) is 0 Å². The Morgan fingerprint density at radius 3 is 1.00 bits per heavy atom. The van der Waals surface area contributed by atoms with Gasteiger partial charge in [0, 0.05) is 39.4 Å². The summed E-state index contributed by atoms with van der Waals surface area (Å²) in [6.07, 6.45) is 0. The van der Waals surface area contributed by atoms with Crippen LogP contribution in [0.2, 0.25) is 0 Å². The minimum Gasteiger partial charge on any atom is 0 e. The van der Waals surface area contributed by atoms with Gasteiger partial charge in [-0.05, 0) is 0 Å². The van der Waals surface area contributed by atoms with Crippen molar-refractivity contribution >= 4 is 11.0 Å². The number of hydrogen-bond donors (Lipinski definition) is 0. The van der Waals surface area contributed by atoms with Crippen LogP contribution in [-0.2, 0) is 22.3 Å². The molecular weight excluding hydrogens is 117 g/mol. The number of rotatable bonds is 0. The fraction of sp³-hybridized carbons (Fsp3) is 0. The van der Waals surface area contributed by atoms with E-state index in [2.05, 4.69) is 0 Å². The summed E-state index contributed by atoms with van der Waals surface area (Å²) in [6, 6.07) is 0. The Morgan fingerprint density at radius 2 is 1.00 bits per heavy atom. The molecule has 0 aromatic carbocycles. The molecule has 0 N–H and O–H groups in total. The second kappa shape index (κ2) is 61.5. The maximum absolute atomic E-state index is 0. The molecule has 0 aromatic rings. The van der Waals surface area contributed by atoms with Gasteiger partial charge in [0.2, 0.25) is 0 Å². The molecule has 0 amide bonds. The SMILES string of the molecule is [Co].[N].[O].[Si]. The van der Waals surface area contributed by atoms with Gasteiger partial charge in [0.05, 0.1) is 0 Å². The van der Waals surface area contributed by atoms with Crippen LogP contribution in [0.5, 0.6) is 0 Å². The van der Waals surface area contributed by atoms with Gasteiger partial charge in [0.25, 0.3) is 0 Å². The van der Waals surface area contributed by atoms with E-state index in [4.69, 9.17) is 0 Å². The van der Waals surface area contributed by atoms with Crippen LogP contribution in [0.25, 0.3) is 0 Å². The Bertz CT molecular complexity index is 8.00. The van der Waals surface area contributed by atoms with Gasteiger partial charge in [0.1, 0.15) is 0 Å². The second-order valence-electron chi connectivity index (χ2n) is 0. The predicted octanol–water partition coefficient (Wildman–Crippen LogP) is -0.983. The van der Waals surface area contributed by atoms with E-state index < -0.39 is 0 Å². The zero-order chi connectivity index (χ0) is 0. The standard InChI is InChI=1S/Co.N.O.Si. The molecule has 10 radical (unpaired) electrons. The first-order valence-electron chi connectivity index (χ1n) is 0. The molecule has 2 nitrogen and oxygen atoms in total. The topological polar surface area (TPSA) is 59.0 Å². The van der Waals surface area contributed by atoms with Crippen LogP contribution in [0.15, 0.2) is 0 Å². The van der Waals surface area contributed by atoms with Crippen molar-refractivity contribution in [1.82, 2.24) is 6.15 Å². The maximum atomic E-state index is 0. The molecule has 4 heteroatoms. The van der Waals surface area contributed by atoms with Gasteiger partial charge >= 0.3 is 0 Å². The molecule has 0 bridgehead atoms. The van der Waals surface area contributed by atoms with Crippen LogP contribution in [0.1, 0.15) is 0 Å². The molecule has 0 fully saturated rings. The Balaban J connectivity index is 0. The fourth-order valence-electron chi connectivity index (χ4n) is 0. The van der Waals surface area contributed by atoms with E-state index in [0.717, 1.165) is 0 Å². The molecule has 0 aliphatic rings. The number of hydrogen-bond acceptors (Lipinski definition) is 0. The van der Waals surface area contributed by atoms with Gasteiger partial charge in [-0.3, -0.25) is 0 Å². The molecule has 0 aliphatic heterocycles. The van der Waals surface area contributed by atoms with Crippen molar-refractivity contribution in [3.05, 3.63) is 0 Å². The van der Waals surface area contributed by atoms with Crippen molar-refractivity contribution in [3.63, 3.8) is 0 Å². The van der Waals surface area contributed by atoms with Crippen molar-refractivity contribution < 1.29 is 22.3 Å². The zero-order valence-corrected chi connectivity index (χ0v) is 3.73. The first kappa shape index (κ1) is 149. The first-order valence-corrected chi connectivity index (χ1v) is 0. The van der Waals surface area contributed by atoms with E-state index in [1.165, 1.54) is 0 Å². The summed E-state index contributed by atoms with van der Waals surface area (Å²) in [6.45, 7) is 0. The van der Waals surface area contributed by atoms with Crippen molar-refractivity contribution in [1.29, 1.82) is 0 Å². The third-order valence-corrected chi connectivity index (χ3v) is 0. The van der Waals surface area contributed by atoms with Crippen molar-refractivity contribution in [2.45, 2.75) is 0 Å². The third-order valence-electron chi connectivity index (χ3n) is 0. The van der Waals surface area contributed by atoms with Crippen LogP contribution in [0, 0.1) is 0 Å². The summed E-state index contributed by atoms with van der Waals surface area (Å²) in [5.74, 6) is 0. The molecule has 0 rings (SSSR count). The Kier molecular flexibility index (Phi) is 2290. The Labute approximate surface area is 40.1 Å². The second-order valence-corrected chi connectivity index (χ2v) is 0. The predicted molar refractivity (Wildman–Crippen MR) is 8.57 cm³/mol. The monoisotopic (exact) mass is 117 g/mol. The third kappa shape index (κ3) is 17.2. The summed E-state index contributed by atoms with van der Waals surface area (Å²) in [4.78, 5) is 0. The van der Waals surface area contributed by atoms with Crippen molar-refractivity contribution in [2.75, 3.05) is 0 Å². The number of nitrogens with zero attached hydrogens (tertiary/aromatic N) is 1. The minimum atomic E-state index is 0. The van der Waals surface area contributed by atoms with Crippen LogP contribution >= 0.6 is 0 Å². The van der Waals surface area contributed by atoms with E-state index in [9.17, 15) is 0 Å². The van der Waals surface area contributed by atoms with Crippen LogP contribution in [-0.4, -0.2) is 11.0 Å². The van der Waals surface area contributed by atoms with Gasteiger partial charge in [-0.1, -0.05) is 0 Å². The molecule has 0 saturated carbocycles. The largest absolute Gasteiger partial charge is 0 e. The minimum absolute atomic E-state index is 0. The zero-order valence-electron chi connectivity index (χ0n) is 1.69. The molecule has 0 unspecified atom stereocenters. The Morgan fingerprint density at radius 1 is 1.00 bits per heavy atom. The average molecular weight is 117 g/mol. The normalized spacial score (nSPS) is 0. The summed E-state index contributed by atoms with van der Waals surface area (Å²) < 4.78 is 0. The van der Waals surface area contributed by atoms with Crippen LogP contribution < -0.4 is 6.15 Å². The van der Waals surface area contributed by atoms with Gasteiger partial charge in [0.15, 0.2) is 0 Å². The summed E-state index contributed by atoms with van der Waals surface area (Å²) in [7, 11) is 0. The molecule has 0 heterocycles. The Hall–Kier alpha value is 0.643. The summed E-state index contributed by atoms with van der Waals surface area (Å²) in [5, 5.41) is 0. The quantitative estimate of drug-likeness (QED) is 0.366. The molecule has 4 heavy (non-hydrogen) atoms. The molecule has 0 aromatic heterocycles. The van der Waals surface area contributed by atoms with E-state index in [-0.39, 0.29) is 39.4 Å². The van der Waals surface area contributed by atoms with Crippen LogP contribution in [0.4, 0.5) is 0 Å². The maximum Gasteiger partial charge on any atom is 0 e. The van der Waals surface area contributed by atoms with Crippen LogP contribution in [0.3, 0.4) is 0 Å². The smallest absolute Gasteiger partial charge is 0 e. The molecule has 0 aliphatic carbocycles. The van der Waals surface area contributed by atoms with E-state index in [1.807, 2.05) is 0 Å². The molecule has 24 valence electrons. The summed E-state index contributed by atoms with van der Waals surface area (Å²) >= 11 is 0. The van der Waals surface area contributed by atoms with E-state index in [0.29, 0.717) is 0 Å². The summed E-state index contributed by atoms with van der Waals surface area (Å²) in [5.41, 5.74) is 0. The van der Waals surface area contributed by atoms with Gasteiger partial charge in [-0.2, -0.15) is 0 Å². The first-order chi connectivity index (χ1) is 0. The fourth-order valence-corrected chi connectivity index (χ4v) is 0.